The van der Waals surface area contributed by atoms with Crippen molar-refractivity contribution in [3.8, 4) is 17.6 Å². The number of nitrogens with one attached hydrogen (secondary N) is 1. The summed E-state index contributed by atoms with van der Waals surface area (Å²) in [6.07, 6.45) is 1.51. The van der Waals surface area contributed by atoms with Crippen LogP contribution in [0.25, 0.3) is 6.08 Å². The Hall–Kier alpha value is -2.78. The predicted molar refractivity (Wildman–Crippen MR) is 99.1 cm³/mol. The fourth-order valence-electron chi connectivity index (χ4n) is 2.16. The minimum absolute atomic E-state index is 0.00357. The van der Waals surface area contributed by atoms with Crippen molar-refractivity contribution in [1.29, 1.82) is 5.26 Å². The highest BCUT2D eigenvalue weighted by molar-refractivity contribution is 9.10. The Morgan fingerprint density at radius 1 is 1.20 bits per heavy atom. The number of carbonyl (C=O) groups is 1. The third kappa shape index (κ3) is 4.85. The van der Waals surface area contributed by atoms with Crippen molar-refractivity contribution in [3.05, 3.63) is 63.6 Å². The molecule has 6 heteroatoms. The van der Waals surface area contributed by atoms with Gasteiger partial charge in [-0.05, 0) is 29.3 Å². The van der Waals surface area contributed by atoms with Crippen molar-refractivity contribution in [3.63, 3.8) is 0 Å². The summed E-state index contributed by atoms with van der Waals surface area (Å²) in [6, 6.07) is 14.9. The van der Waals surface area contributed by atoms with Crippen molar-refractivity contribution in [2.24, 2.45) is 0 Å². The number of amides is 1. The van der Waals surface area contributed by atoms with Gasteiger partial charge in [0.05, 0.1) is 14.2 Å². The van der Waals surface area contributed by atoms with Crippen molar-refractivity contribution >= 4 is 27.9 Å². The second-order valence-electron chi connectivity index (χ2n) is 5.07. The zero-order valence-corrected chi connectivity index (χ0v) is 15.5. The number of ether oxygens (including phenoxy) is 2. The molecular formula is C19H17BrN2O3. The van der Waals surface area contributed by atoms with E-state index in [0.717, 1.165) is 5.56 Å². The molecule has 0 aliphatic carbocycles. The smallest absolute Gasteiger partial charge is 0.262 e. The molecule has 1 N–H and O–H groups in total. The summed E-state index contributed by atoms with van der Waals surface area (Å²) >= 11 is 3.41. The normalized spacial score (nSPS) is 10.7. The number of halogens is 1. The predicted octanol–water partition coefficient (Wildman–Crippen LogP) is 3.69. The molecule has 2 rings (SSSR count). The SMILES string of the molecule is COc1cc(Br)c(/C=C(\C#N)C(=O)NCc2ccccc2)cc1OC. The van der Waals surface area contributed by atoms with Crippen LogP contribution < -0.4 is 14.8 Å². The van der Waals surface area contributed by atoms with Crippen LogP contribution in [0, 0.1) is 11.3 Å². The molecule has 128 valence electrons. The largest absolute Gasteiger partial charge is 0.493 e. The van der Waals surface area contributed by atoms with Gasteiger partial charge in [0, 0.05) is 11.0 Å². The molecule has 0 aromatic heterocycles. The average molecular weight is 401 g/mol. The van der Waals surface area contributed by atoms with Gasteiger partial charge < -0.3 is 14.8 Å². The van der Waals surface area contributed by atoms with Crippen LogP contribution in [-0.2, 0) is 11.3 Å². The third-order valence-corrected chi connectivity index (χ3v) is 4.15. The number of nitriles is 1. The van der Waals surface area contributed by atoms with Gasteiger partial charge in [0.15, 0.2) is 11.5 Å². The van der Waals surface area contributed by atoms with Gasteiger partial charge in [0.1, 0.15) is 11.6 Å². The molecule has 0 atom stereocenters. The first-order valence-electron chi connectivity index (χ1n) is 7.44. The zero-order valence-electron chi connectivity index (χ0n) is 13.9. The van der Waals surface area contributed by atoms with E-state index in [9.17, 15) is 10.1 Å². The summed E-state index contributed by atoms with van der Waals surface area (Å²) in [5.41, 5.74) is 1.60. The lowest BCUT2D eigenvalue weighted by atomic mass is 10.1. The number of nitrogens with zero attached hydrogens (tertiary/aromatic N) is 1. The summed E-state index contributed by atoms with van der Waals surface area (Å²) in [6.45, 7) is 0.353. The van der Waals surface area contributed by atoms with Gasteiger partial charge in [0.25, 0.3) is 5.91 Å². The van der Waals surface area contributed by atoms with E-state index in [1.54, 1.807) is 12.1 Å². The van der Waals surface area contributed by atoms with E-state index in [4.69, 9.17) is 9.47 Å². The van der Waals surface area contributed by atoms with Gasteiger partial charge in [-0.1, -0.05) is 46.3 Å². The van der Waals surface area contributed by atoms with Gasteiger partial charge in [-0.25, -0.2) is 0 Å². The minimum Gasteiger partial charge on any atom is -0.493 e. The molecular weight excluding hydrogens is 384 g/mol. The van der Waals surface area contributed by atoms with Crippen LogP contribution in [0.5, 0.6) is 11.5 Å². The molecule has 0 saturated carbocycles. The topological polar surface area (TPSA) is 71.3 Å². The van der Waals surface area contributed by atoms with Crippen LogP contribution in [0.1, 0.15) is 11.1 Å². The first kappa shape index (κ1) is 18.6. The summed E-state index contributed by atoms with van der Waals surface area (Å²) in [7, 11) is 3.06. The highest BCUT2D eigenvalue weighted by Crippen LogP contribution is 2.34. The maximum absolute atomic E-state index is 12.3. The Morgan fingerprint density at radius 3 is 2.44 bits per heavy atom. The second-order valence-corrected chi connectivity index (χ2v) is 5.92. The van der Waals surface area contributed by atoms with Gasteiger partial charge in [0.2, 0.25) is 0 Å². The Morgan fingerprint density at radius 2 is 1.84 bits per heavy atom. The lowest BCUT2D eigenvalue weighted by molar-refractivity contribution is -0.117. The third-order valence-electron chi connectivity index (χ3n) is 3.46. The Kier molecular flexibility index (Phi) is 6.61. The number of hydrogen-bond acceptors (Lipinski definition) is 4. The Labute approximate surface area is 155 Å². The van der Waals surface area contributed by atoms with Crippen LogP contribution >= 0.6 is 15.9 Å². The van der Waals surface area contributed by atoms with Crippen LogP contribution in [0.2, 0.25) is 0 Å². The lowest BCUT2D eigenvalue weighted by Gasteiger charge is -2.10. The summed E-state index contributed by atoms with van der Waals surface area (Å²) in [5.74, 6) is 0.630. The molecule has 0 fully saturated rings. The molecule has 25 heavy (non-hydrogen) atoms. The fourth-order valence-corrected chi connectivity index (χ4v) is 2.59. The number of hydrogen-bond donors (Lipinski definition) is 1. The number of methoxy groups -OCH3 is 2. The van der Waals surface area contributed by atoms with Crippen molar-refractivity contribution in [2.75, 3.05) is 14.2 Å². The highest BCUT2D eigenvalue weighted by atomic mass is 79.9. The quantitative estimate of drug-likeness (QED) is 0.592. The molecule has 0 heterocycles. The van der Waals surface area contributed by atoms with Crippen molar-refractivity contribution in [1.82, 2.24) is 5.32 Å². The molecule has 1 amide bonds. The van der Waals surface area contributed by atoms with Crippen LogP contribution in [0.4, 0.5) is 0 Å². The molecule has 0 saturated heterocycles. The minimum atomic E-state index is -0.437. The molecule has 0 radical (unpaired) electrons. The summed E-state index contributed by atoms with van der Waals surface area (Å²) in [4.78, 5) is 12.3. The maximum atomic E-state index is 12.3. The monoisotopic (exact) mass is 400 g/mol. The lowest BCUT2D eigenvalue weighted by Crippen LogP contribution is -2.23. The van der Waals surface area contributed by atoms with Crippen LogP contribution in [-0.4, -0.2) is 20.1 Å². The standard InChI is InChI=1S/C19H17BrN2O3/c1-24-17-9-14(16(20)10-18(17)25-2)8-15(11-21)19(23)22-12-13-6-4-3-5-7-13/h3-10H,12H2,1-2H3,(H,22,23)/b15-8+. The van der Waals surface area contributed by atoms with Gasteiger partial charge >= 0.3 is 0 Å². The van der Waals surface area contributed by atoms with Crippen molar-refractivity contribution in [2.45, 2.75) is 6.54 Å². The molecule has 5 nitrogen and oxygen atoms in total. The maximum Gasteiger partial charge on any atom is 0.262 e. The molecule has 0 bridgehead atoms. The molecule has 0 aliphatic heterocycles. The fraction of sp³-hybridized carbons (Fsp3) is 0.158. The van der Waals surface area contributed by atoms with Crippen LogP contribution in [0.15, 0.2) is 52.5 Å². The number of benzene rings is 2. The number of carbonyl (C=O) groups excluding carboxylic acids is 1. The molecule has 0 aliphatic rings. The molecule has 2 aromatic rings. The van der Waals surface area contributed by atoms with E-state index in [2.05, 4.69) is 21.2 Å². The van der Waals surface area contributed by atoms with E-state index in [1.165, 1.54) is 20.3 Å². The van der Waals surface area contributed by atoms with E-state index in [1.807, 2.05) is 36.4 Å². The highest BCUT2D eigenvalue weighted by Gasteiger charge is 2.13. The van der Waals surface area contributed by atoms with Crippen molar-refractivity contribution < 1.29 is 14.3 Å². The Bertz CT molecular complexity index is 827. The first-order chi connectivity index (χ1) is 12.1. The molecule has 0 spiro atoms. The first-order valence-corrected chi connectivity index (χ1v) is 8.23. The van der Waals surface area contributed by atoms with Gasteiger partial charge in [-0.3, -0.25) is 4.79 Å². The van der Waals surface area contributed by atoms with E-state index < -0.39 is 5.91 Å². The molecule has 0 unspecified atom stereocenters. The van der Waals surface area contributed by atoms with Crippen LogP contribution in [0.3, 0.4) is 0 Å². The average Bonchev–Trinajstić information content (AvgIpc) is 2.65. The van der Waals surface area contributed by atoms with E-state index >= 15 is 0 Å². The Balaban J connectivity index is 2.22. The molecule has 2 aromatic carbocycles. The van der Waals surface area contributed by atoms with Gasteiger partial charge in [-0.15, -0.1) is 0 Å². The van der Waals surface area contributed by atoms with E-state index in [0.29, 0.717) is 28.1 Å². The van der Waals surface area contributed by atoms with E-state index in [-0.39, 0.29) is 5.57 Å². The summed E-state index contributed by atoms with van der Waals surface area (Å²) < 4.78 is 11.2. The van der Waals surface area contributed by atoms with Gasteiger partial charge in [-0.2, -0.15) is 5.26 Å². The summed E-state index contributed by atoms with van der Waals surface area (Å²) in [5, 5.41) is 12.1. The number of rotatable bonds is 6. The zero-order chi connectivity index (χ0) is 18.2. The second kappa shape index (κ2) is 8.90.